The normalized spacial score (nSPS) is 11.2. The Balaban J connectivity index is 1.54. The van der Waals surface area contributed by atoms with Gasteiger partial charge in [0.05, 0.1) is 10.6 Å². The molecule has 4 aromatic rings. The standard InChI is InChI=1S/C24H25N7O2S/c1-30(2)12-5-10-22(32)25-17-7-4-8-18(15-17)33-23-16-19(20-9-6-14-34-20)26-24(28-23)27-21-11-13-31(3)29-21/h4-11,13-16H,12H2,1-3H3,(H,25,32)(H,26,27,28,29)/b10-5+. The molecule has 174 valence electrons. The van der Waals surface area contributed by atoms with E-state index in [-0.39, 0.29) is 5.91 Å². The molecule has 0 bridgehead atoms. The third kappa shape index (κ3) is 6.50. The van der Waals surface area contributed by atoms with Crippen LogP contribution in [0.3, 0.4) is 0 Å². The van der Waals surface area contributed by atoms with Crippen molar-refractivity contribution in [2.45, 2.75) is 0 Å². The van der Waals surface area contributed by atoms with Gasteiger partial charge in [0.1, 0.15) is 5.75 Å². The number of hydrogen-bond donors (Lipinski definition) is 2. The molecule has 34 heavy (non-hydrogen) atoms. The summed E-state index contributed by atoms with van der Waals surface area (Å²) in [6.07, 6.45) is 5.15. The molecule has 0 fully saturated rings. The highest BCUT2D eigenvalue weighted by molar-refractivity contribution is 7.13. The van der Waals surface area contributed by atoms with Gasteiger partial charge in [0.15, 0.2) is 5.82 Å². The molecule has 3 heterocycles. The minimum absolute atomic E-state index is 0.206. The molecule has 0 unspecified atom stereocenters. The maximum Gasteiger partial charge on any atom is 0.248 e. The van der Waals surface area contributed by atoms with Crippen LogP contribution in [0.15, 0.2) is 72.3 Å². The fourth-order valence-corrected chi connectivity index (χ4v) is 3.68. The summed E-state index contributed by atoms with van der Waals surface area (Å²) in [4.78, 5) is 24.2. The SMILES string of the molecule is CN(C)C/C=C/C(=O)Nc1cccc(Oc2cc(-c3cccs3)nc(Nc3ccn(C)n3)n2)c1. The highest BCUT2D eigenvalue weighted by atomic mass is 32.1. The van der Waals surface area contributed by atoms with Gasteiger partial charge in [0.2, 0.25) is 17.7 Å². The number of hydrogen-bond acceptors (Lipinski definition) is 8. The molecule has 4 rings (SSSR count). The number of likely N-dealkylation sites (N-methyl/N-ethyl adjacent to an activating group) is 1. The van der Waals surface area contributed by atoms with Gasteiger partial charge in [-0.1, -0.05) is 18.2 Å². The van der Waals surface area contributed by atoms with Crippen molar-refractivity contribution in [3.8, 4) is 22.2 Å². The van der Waals surface area contributed by atoms with Crippen molar-refractivity contribution in [2.24, 2.45) is 7.05 Å². The first-order valence-electron chi connectivity index (χ1n) is 10.5. The molecule has 1 aromatic carbocycles. The zero-order valence-electron chi connectivity index (χ0n) is 19.1. The molecule has 0 saturated carbocycles. The van der Waals surface area contributed by atoms with Gasteiger partial charge in [-0.15, -0.1) is 11.3 Å². The van der Waals surface area contributed by atoms with Gasteiger partial charge >= 0.3 is 0 Å². The molecule has 0 aliphatic heterocycles. The molecule has 3 aromatic heterocycles. The predicted molar refractivity (Wildman–Crippen MR) is 135 cm³/mol. The minimum Gasteiger partial charge on any atom is -0.439 e. The highest BCUT2D eigenvalue weighted by Crippen LogP contribution is 2.30. The van der Waals surface area contributed by atoms with Crippen molar-refractivity contribution in [3.05, 3.63) is 72.3 Å². The van der Waals surface area contributed by atoms with Crippen molar-refractivity contribution >= 4 is 34.7 Å². The van der Waals surface area contributed by atoms with Crippen LogP contribution in [0.2, 0.25) is 0 Å². The fourth-order valence-electron chi connectivity index (χ4n) is 2.99. The van der Waals surface area contributed by atoms with E-state index in [9.17, 15) is 4.79 Å². The second kappa shape index (κ2) is 10.7. The van der Waals surface area contributed by atoms with Gasteiger partial charge < -0.3 is 20.3 Å². The Kier molecular flexibility index (Phi) is 7.31. The molecule has 0 saturated heterocycles. The average Bonchev–Trinajstić information content (AvgIpc) is 3.46. The number of nitrogens with zero attached hydrogens (tertiary/aromatic N) is 5. The maximum absolute atomic E-state index is 12.2. The van der Waals surface area contributed by atoms with Crippen molar-refractivity contribution in [1.82, 2.24) is 24.6 Å². The first-order valence-corrected chi connectivity index (χ1v) is 11.4. The quantitative estimate of drug-likeness (QED) is 0.343. The summed E-state index contributed by atoms with van der Waals surface area (Å²) in [5, 5.41) is 12.3. The van der Waals surface area contributed by atoms with E-state index in [1.807, 2.05) is 61.9 Å². The number of carbonyl (C=O) groups is 1. The van der Waals surface area contributed by atoms with E-state index < -0.39 is 0 Å². The predicted octanol–water partition coefficient (Wildman–Crippen LogP) is 4.53. The Labute approximate surface area is 201 Å². The number of anilines is 3. The van der Waals surface area contributed by atoms with Crippen molar-refractivity contribution < 1.29 is 9.53 Å². The summed E-state index contributed by atoms with van der Waals surface area (Å²) < 4.78 is 7.74. The van der Waals surface area contributed by atoms with Crippen LogP contribution in [0.4, 0.5) is 17.5 Å². The smallest absolute Gasteiger partial charge is 0.248 e. The Morgan fingerprint density at radius 2 is 2.06 bits per heavy atom. The molecule has 1 amide bonds. The van der Waals surface area contributed by atoms with Crippen LogP contribution in [0.1, 0.15) is 0 Å². The molecule has 2 N–H and O–H groups in total. The lowest BCUT2D eigenvalue weighted by atomic mass is 10.3. The second-order valence-electron chi connectivity index (χ2n) is 7.68. The zero-order valence-corrected chi connectivity index (χ0v) is 19.9. The molecule has 0 aliphatic rings. The van der Waals surface area contributed by atoms with Crippen LogP contribution in [0, 0.1) is 0 Å². The summed E-state index contributed by atoms with van der Waals surface area (Å²) in [6.45, 7) is 0.686. The molecule has 0 aliphatic carbocycles. The lowest BCUT2D eigenvalue weighted by Gasteiger charge is -2.10. The van der Waals surface area contributed by atoms with E-state index in [1.54, 1.807) is 46.4 Å². The number of benzene rings is 1. The third-order valence-corrected chi connectivity index (χ3v) is 5.39. The van der Waals surface area contributed by atoms with Crippen LogP contribution >= 0.6 is 11.3 Å². The molecular weight excluding hydrogens is 450 g/mol. The molecule has 10 heteroatoms. The zero-order chi connectivity index (χ0) is 23.9. The topological polar surface area (TPSA) is 97.2 Å². The van der Waals surface area contributed by atoms with Crippen LogP contribution < -0.4 is 15.4 Å². The van der Waals surface area contributed by atoms with Gasteiger partial charge in [-0.2, -0.15) is 10.1 Å². The number of thiophene rings is 1. The van der Waals surface area contributed by atoms with Crippen LogP contribution in [0.25, 0.3) is 10.6 Å². The second-order valence-corrected chi connectivity index (χ2v) is 8.62. The number of amides is 1. The van der Waals surface area contributed by atoms with Gasteiger partial charge in [0, 0.05) is 49.8 Å². The average molecular weight is 476 g/mol. The first kappa shape index (κ1) is 23.1. The number of ether oxygens (including phenoxy) is 1. The number of rotatable bonds is 9. The van der Waals surface area contributed by atoms with Gasteiger partial charge in [-0.3, -0.25) is 9.48 Å². The minimum atomic E-state index is -0.206. The molecule has 9 nitrogen and oxygen atoms in total. The van der Waals surface area contributed by atoms with E-state index in [4.69, 9.17) is 4.74 Å². The first-order chi connectivity index (χ1) is 16.4. The van der Waals surface area contributed by atoms with E-state index in [1.165, 1.54) is 6.08 Å². The fraction of sp³-hybridized carbons (Fsp3) is 0.167. The Hall–Kier alpha value is -4.02. The van der Waals surface area contributed by atoms with Gasteiger partial charge in [-0.05, 0) is 37.7 Å². The van der Waals surface area contributed by atoms with E-state index in [2.05, 4.69) is 25.7 Å². The number of carbonyl (C=O) groups excluding carboxylic acids is 1. The van der Waals surface area contributed by atoms with Gasteiger partial charge in [-0.25, -0.2) is 4.98 Å². The summed E-state index contributed by atoms with van der Waals surface area (Å²) in [5.41, 5.74) is 1.35. The molecule has 0 radical (unpaired) electrons. The monoisotopic (exact) mass is 475 g/mol. The van der Waals surface area contributed by atoms with E-state index >= 15 is 0 Å². The molecular formula is C24H25N7O2S. The van der Waals surface area contributed by atoms with Crippen molar-refractivity contribution in [3.63, 3.8) is 0 Å². The van der Waals surface area contributed by atoms with E-state index in [0.29, 0.717) is 35.6 Å². The largest absolute Gasteiger partial charge is 0.439 e. The maximum atomic E-state index is 12.2. The van der Waals surface area contributed by atoms with Crippen LogP contribution in [-0.2, 0) is 11.8 Å². The summed E-state index contributed by atoms with van der Waals surface area (Å²) in [5.74, 6) is 1.70. The number of nitrogens with one attached hydrogen (secondary N) is 2. The highest BCUT2D eigenvalue weighted by Gasteiger charge is 2.11. The van der Waals surface area contributed by atoms with Crippen molar-refractivity contribution in [2.75, 3.05) is 31.3 Å². The lowest BCUT2D eigenvalue weighted by Crippen LogP contribution is -2.12. The van der Waals surface area contributed by atoms with Gasteiger partial charge in [0.25, 0.3) is 0 Å². The summed E-state index contributed by atoms with van der Waals surface area (Å²) >= 11 is 1.58. The van der Waals surface area contributed by atoms with E-state index in [0.717, 1.165) is 10.6 Å². The Morgan fingerprint density at radius 1 is 1.18 bits per heavy atom. The van der Waals surface area contributed by atoms with Crippen LogP contribution in [0.5, 0.6) is 11.6 Å². The lowest BCUT2D eigenvalue weighted by molar-refractivity contribution is -0.111. The third-order valence-electron chi connectivity index (χ3n) is 4.49. The summed E-state index contributed by atoms with van der Waals surface area (Å²) in [6, 6.07) is 14.7. The van der Waals surface area contributed by atoms with Crippen molar-refractivity contribution in [1.29, 1.82) is 0 Å². The summed E-state index contributed by atoms with van der Waals surface area (Å²) in [7, 11) is 5.72. The number of aromatic nitrogens is 4. The Bertz CT molecular complexity index is 1280. The Morgan fingerprint density at radius 3 is 2.79 bits per heavy atom. The number of aryl methyl sites for hydroxylation is 1. The van der Waals surface area contributed by atoms with Crippen LogP contribution in [-0.4, -0.2) is 51.2 Å². The molecule has 0 atom stereocenters. The molecule has 0 spiro atoms.